The summed E-state index contributed by atoms with van der Waals surface area (Å²) in [6.07, 6.45) is 7.27. The normalized spacial score (nSPS) is 24.2. The minimum atomic E-state index is -2.89. The van der Waals surface area contributed by atoms with Gasteiger partial charge in [0.15, 0.2) is 5.76 Å². The van der Waals surface area contributed by atoms with E-state index in [0.717, 1.165) is 35.5 Å². The summed E-state index contributed by atoms with van der Waals surface area (Å²) < 4.78 is 45.7. The molecule has 0 radical (unpaired) electrons. The van der Waals surface area contributed by atoms with Gasteiger partial charge < -0.3 is 15.1 Å². The van der Waals surface area contributed by atoms with Gasteiger partial charge in [-0.3, -0.25) is 13.8 Å². The van der Waals surface area contributed by atoms with Crippen LogP contribution in [0.25, 0.3) is 22.1 Å². The van der Waals surface area contributed by atoms with Crippen LogP contribution in [-0.4, -0.2) is 44.5 Å². The van der Waals surface area contributed by atoms with Gasteiger partial charge in [-0.1, -0.05) is 42.3 Å². The van der Waals surface area contributed by atoms with Gasteiger partial charge in [-0.15, -0.1) is 6.42 Å². The third-order valence-corrected chi connectivity index (χ3v) is 10.2. The molecular formula is C32H32F2N2O4S. The highest BCUT2D eigenvalue weighted by Gasteiger charge is 2.52. The lowest BCUT2D eigenvalue weighted by atomic mass is 9.78. The molecule has 2 saturated carbocycles. The van der Waals surface area contributed by atoms with Crippen molar-refractivity contribution in [3.8, 4) is 23.5 Å². The van der Waals surface area contributed by atoms with Gasteiger partial charge in [0, 0.05) is 40.5 Å². The first-order valence-corrected chi connectivity index (χ1v) is 15.6. The van der Waals surface area contributed by atoms with Gasteiger partial charge in [0.25, 0.3) is 5.91 Å². The molecule has 2 amide bonds. The summed E-state index contributed by atoms with van der Waals surface area (Å²) in [5, 5.41) is 6.27. The molecule has 41 heavy (non-hydrogen) atoms. The minimum Gasteiger partial charge on any atom is -0.451 e. The van der Waals surface area contributed by atoms with Crippen LogP contribution >= 0.6 is 0 Å². The topological polar surface area (TPSA) is 88.4 Å². The second-order valence-electron chi connectivity index (χ2n) is 11.7. The van der Waals surface area contributed by atoms with Gasteiger partial charge in [-0.25, -0.2) is 8.78 Å². The monoisotopic (exact) mass is 578 g/mol. The number of furan rings is 1. The van der Waals surface area contributed by atoms with Crippen molar-refractivity contribution < 1.29 is 27.0 Å². The fraction of sp³-hybridized carbons (Fsp3) is 0.438. The number of fused-ring (bicyclic) bond motifs is 1. The molecule has 214 valence electrons. The Morgan fingerprint density at radius 3 is 2.20 bits per heavy atom. The highest BCUT2D eigenvalue weighted by Crippen LogP contribution is 2.41. The highest BCUT2D eigenvalue weighted by atomic mass is 32.2. The Balaban J connectivity index is 1.20. The number of halogens is 2. The van der Waals surface area contributed by atoms with Crippen LogP contribution < -0.4 is 10.6 Å². The molecule has 0 atom stereocenters. The van der Waals surface area contributed by atoms with Gasteiger partial charge in [-0.05, 0) is 73.3 Å². The number of hydrogen-bond acceptors (Lipinski definition) is 4. The number of amides is 2. The van der Waals surface area contributed by atoms with Crippen LogP contribution in [-0.2, 0) is 15.6 Å². The van der Waals surface area contributed by atoms with E-state index in [2.05, 4.69) is 40.8 Å². The Bertz CT molecular complexity index is 1550. The number of rotatable bonds is 6. The maximum atomic E-state index is 14.0. The second kappa shape index (κ2) is 10.4. The molecule has 2 aliphatic carbocycles. The Kier molecular flexibility index (Phi) is 7.01. The number of alkyl halides is 2. The van der Waals surface area contributed by atoms with E-state index in [1.807, 2.05) is 18.2 Å². The second-order valence-corrected chi connectivity index (χ2v) is 13.4. The van der Waals surface area contributed by atoms with Crippen molar-refractivity contribution in [2.75, 3.05) is 11.5 Å². The van der Waals surface area contributed by atoms with E-state index in [-0.39, 0.29) is 18.6 Å². The lowest BCUT2D eigenvalue weighted by Gasteiger charge is -2.39. The summed E-state index contributed by atoms with van der Waals surface area (Å²) in [6.45, 7) is 0. The SMILES string of the molecule is C#CC1(NC(=O)C2(NC(=O)c3cc4ccc(-c5ccc(C6CCS(=O)CC6)cc5)cc4o3)CCC(F)(F)CC2)CC1. The van der Waals surface area contributed by atoms with Gasteiger partial charge in [-0.2, -0.15) is 0 Å². The van der Waals surface area contributed by atoms with E-state index in [0.29, 0.717) is 29.7 Å². The molecular weight excluding hydrogens is 546 g/mol. The Morgan fingerprint density at radius 2 is 1.56 bits per heavy atom. The van der Waals surface area contributed by atoms with Crippen LogP contribution in [0.5, 0.6) is 0 Å². The number of benzene rings is 2. The van der Waals surface area contributed by atoms with Crippen molar-refractivity contribution in [1.29, 1.82) is 0 Å². The molecule has 6 nitrogen and oxygen atoms in total. The van der Waals surface area contributed by atoms with Crippen LogP contribution in [0.15, 0.2) is 52.9 Å². The molecule has 3 aliphatic rings. The third kappa shape index (κ3) is 5.67. The summed E-state index contributed by atoms with van der Waals surface area (Å²) in [5.41, 5.74) is 1.41. The van der Waals surface area contributed by atoms with Crippen molar-refractivity contribution in [3.05, 3.63) is 59.9 Å². The number of carbonyl (C=O) groups is 2. The molecule has 3 fully saturated rings. The summed E-state index contributed by atoms with van der Waals surface area (Å²) in [6, 6.07) is 15.6. The number of carbonyl (C=O) groups excluding carboxylic acids is 2. The van der Waals surface area contributed by atoms with Gasteiger partial charge in [0.2, 0.25) is 11.8 Å². The zero-order chi connectivity index (χ0) is 28.8. The predicted molar refractivity (Wildman–Crippen MR) is 154 cm³/mol. The van der Waals surface area contributed by atoms with Crippen molar-refractivity contribution in [1.82, 2.24) is 10.6 Å². The largest absolute Gasteiger partial charge is 0.451 e. The quantitative estimate of drug-likeness (QED) is 0.368. The molecule has 2 N–H and O–H groups in total. The lowest BCUT2D eigenvalue weighted by Crippen LogP contribution is -2.62. The summed E-state index contributed by atoms with van der Waals surface area (Å²) >= 11 is 0. The minimum absolute atomic E-state index is 0.00442. The van der Waals surface area contributed by atoms with Crippen molar-refractivity contribution in [2.45, 2.75) is 74.3 Å². The first-order valence-electron chi connectivity index (χ1n) is 14.1. The maximum absolute atomic E-state index is 14.0. The fourth-order valence-corrected chi connectivity index (χ4v) is 7.19. The highest BCUT2D eigenvalue weighted by molar-refractivity contribution is 7.85. The first kappa shape index (κ1) is 27.6. The lowest BCUT2D eigenvalue weighted by molar-refractivity contribution is -0.133. The molecule has 1 aliphatic heterocycles. The Morgan fingerprint density at radius 1 is 0.902 bits per heavy atom. The molecule has 6 rings (SSSR count). The zero-order valence-corrected chi connectivity index (χ0v) is 23.5. The number of hydrogen-bond donors (Lipinski definition) is 2. The molecule has 0 spiro atoms. The molecule has 2 heterocycles. The van der Waals surface area contributed by atoms with Crippen molar-refractivity contribution in [2.24, 2.45) is 0 Å². The Labute approximate surface area is 240 Å². The van der Waals surface area contributed by atoms with Crippen LogP contribution in [0.4, 0.5) is 8.78 Å². The molecule has 3 aromatic rings. The van der Waals surface area contributed by atoms with Gasteiger partial charge in [0.05, 0.1) is 0 Å². The smallest absolute Gasteiger partial charge is 0.287 e. The molecule has 2 aromatic carbocycles. The predicted octanol–water partition coefficient (Wildman–Crippen LogP) is 5.69. The van der Waals surface area contributed by atoms with Crippen LogP contribution in [0.1, 0.15) is 73.4 Å². The zero-order valence-electron chi connectivity index (χ0n) is 22.6. The van der Waals surface area contributed by atoms with E-state index in [1.54, 1.807) is 6.07 Å². The molecule has 1 aromatic heterocycles. The average Bonchev–Trinajstić information content (AvgIpc) is 3.61. The standard InChI is InChI=1S/C32H32F2N2O4S/c1-2-30(11-12-30)36-29(38)31(13-15-32(33,34)16-14-31)35-28(37)27-20-25-8-7-24(19-26(25)40-27)22-5-3-21(4-6-22)23-9-17-41(39)18-10-23/h1,3-8,19-20,23H,9-18H2,(H,35,37)(H,36,38). The number of nitrogens with one attached hydrogen (secondary N) is 2. The van der Waals surface area contributed by atoms with E-state index in [1.165, 1.54) is 5.56 Å². The molecule has 1 saturated heterocycles. The maximum Gasteiger partial charge on any atom is 0.287 e. The van der Waals surface area contributed by atoms with Crippen LogP contribution in [0.3, 0.4) is 0 Å². The van der Waals surface area contributed by atoms with Crippen LogP contribution in [0, 0.1) is 12.3 Å². The first-order chi connectivity index (χ1) is 19.6. The summed E-state index contributed by atoms with van der Waals surface area (Å²) in [5.74, 6) is 0.465. The molecule has 0 unspecified atom stereocenters. The van der Waals surface area contributed by atoms with E-state index in [4.69, 9.17) is 10.8 Å². The molecule has 9 heteroatoms. The van der Waals surface area contributed by atoms with Gasteiger partial charge >= 0.3 is 0 Å². The van der Waals surface area contributed by atoms with Crippen molar-refractivity contribution >= 4 is 33.6 Å². The van der Waals surface area contributed by atoms with Crippen molar-refractivity contribution in [3.63, 3.8) is 0 Å². The summed E-state index contributed by atoms with van der Waals surface area (Å²) in [7, 11) is -0.692. The van der Waals surface area contributed by atoms with E-state index >= 15 is 0 Å². The third-order valence-electron chi connectivity index (χ3n) is 8.85. The van der Waals surface area contributed by atoms with Gasteiger partial charge in [0.1, 0.15) is 16.7 Å². The molecule has 0 bridgehead atoms. The average molecular weight is 579 g/mol. The Hall–Kier alpha value is -3.51. The van der Waals surface area contributed by atoms with E-state index < -0.39 is 52.5 Å². The van der Waals surface area contributed by atoms with E-state index in [9.17, 15) is 22.6 Å². The fourth-order valence-electron chi connectivity index (χ4n) is 5.90. The number of terminal acetylenes is 1. The summed E-state index contributed by atoms with van der Waals surface area (Å²) in [4.78, 5) is 26.7. The van der Waals surface area contributed by atoms with Crippen LogP contribution in [0.2, 0.25) is 0 Å².